The van der Waals surface area contributed by atoms with Gasteiger partial charge in [0.1, 0.15) is 5.75 Å². The maximum atomic E-state index is 14.8. The van der Waals surface area contributed by atoms with Gasteiger partial charge in [0.05, 0.1) is 24.7 Å². The molecule has 0 aliphatic carbocycles. The smallest absolute Gasteiger partial charge is 0.324 e. The van der Waals surface area contributed by atoms with E-state index in [4.69, 9.17) is 26.3 Å². The monoisotopic (exact) mass is 556 g/mol. The summed E-state index contributed by atoms with van der Waals surface area (Å²) in [6.45, 7) is 3.79. The van der Waals surface area contributed by atoms with E-state index in [9.17, 15) is 22.4 Å². The number of hydroxylamine groups is 1. The van der Waals surface area contributed by atoms with Crippen molar-refractivity contribution in [1.82, 2.24) is 19.6 Å². The van der Waals surface area contributed by atoms with Crippen LogP contribution in [0, 0.1) is 5.82 Å². The first-order chi connectivity index (χ1) is 17.6. The average molecular weight is 557 g/mol. The first-order valence-electron chi connectivity index (χ1n) is 11.1. The minimum Gasteiger partial charge on any atom is -0.454 e. The number of amides is 3. The van der Waals surface area contributed by atoms with Crippen LogP contribution in [0.1, 0.15) is 0 Å². The van der Waals surface area contributed by atoms with Gasteiger partial charge in [-0.1, -0.05) is 18.2 Å². The summed E-state index contributed by atoms with van der Waals surface area (Å²) in [6, 6.07) is 8.75. The van der Waals surface area contributed by atoms with Crippen LogP contribution in [0.2, 0.25) is 5.02 Å². The van der Waals surface area contributed by atoms with Crippen molar-refractivity contribution in [3.63, 3.8) is 0 Å². The summed E-state index contributed by atoms with van der Waals surface area (Å²) in [7, 11) is -4.44. The molecule has 200 valence electrons. The second kappa shape index (κ2) is 12.8. The van der Waals surface area contributed by atoms with E-state index in [1.54, 1.807) is 12.1 Å². The molecule has 1 heterocycles. The molecule has 2 N–H and O–H groups in total. The second-order valence-electron chi connectivity index (χ2n) is 7.78. The van der Waals surface area contributed by atoms with Gasteiger partial charge >= 0.3 is 6.03 Å². The maximum Gasteiger partial charge on any atom is 0.324 e. The van der Waals surface area contributed by atoms with E-state index in [0.29, 0.717) is 31.3 Å². The third-order valence-corrected chi connectivity index (χ3v) is 7.46. The second-order valence-corrected chi connectivity index (χ2v) is 10.2. The summed E-state index contributed by atoms with van der Waals surface area (Å²) in [6.07, 6.45) is 1.25. The fourth-order valence-corrected chi connectivity index (χ4v) is 4.93. The number of rotatable bonds is 10. The molecule has 3 rings (SSSR count). The molecule has 1 aliphatic rings. The molecule has 0 saturated carbocycles. The summed E-state index contributed by atoms with van der Waals surface area (Å²) in [4.78, 5) is 26.9. The van der Waals surface area contributed by atoms with E-state index < -0.39 is 39.2 Å². The van der Waals surface area contributed by atoms with Crippen LogP contribution in [0.4, 0.5) is 9.18 Å². The highest BCUT2D eigenvalue weighted by molar-refractivity contribution is 7.89. The number of halogens is 2. The van der Waals surface area contributed by atoms with Gasteiger partial charge in [-0.15, -0.1) is 0 Å². The van der Waals surface area contributed by atoms with E-state index >= 15 is 0 Å². The zero-order valence-electron chi connectivity index (χ0n) is 19.7. The Labute approximate surface area is 218 Å². The molecule has 0 unspecified atom stereocenters. The highest BCUT2D eigenvalue weighted by atomic mass is 35.5. The number of nitrogens with one attached hydrogen (secondary N) is 1. The molecule has 2 aromatic carbocycles. The molecule has 1 aliphatic heterocycles. The number of carbonyl (C=O) groups excluding carboxylic acids is 2. The summed E-state index contributed by atoms with van der Waals surface area (Å²) in [5.74, 6) is -1.92. The van der Waals surface area contributed by atoms with Crippen molar-refractivity contribution in [3.8, 4) is 11.5 Å². The number of morpholine rings is 1. The number of carbonyl (C=O) groups is 2. The summed E-state index contributed by atoms with van der Waals surface area (Å²) in [5, 5.41) is 9.40. The van der Waals surface area contributed by atoms with Gasteiger partial charge in [-0.25, -0.2) is 23.1 Å². The maximum absolute atomic E-state index is 14.8. The molecule has 1 saturated heterocycles. The Morgan fingerprint density at radius 2 is 1.86 bits per heavy atom. The number of urea groups is 1. The SMILES string of the molecule is C=CN(CCN(CC(=O)NO)S(=O)(=O)c1ccc(Oc2ccc(Cl)cc2)c(F)c1)C(=O)N1CCOCC1. The van der Waals surface area contributed by atoms with Crippen molar-refractivity contribution in [2.75, 3.05) is 45.9 Å². The first kappa shape index (κ1) is 28.3. The molecular weight excluding hydrogens is 531 g/mol. The largest absolute Gasteiger partial charge is 0.454 e. The molecule has 14 heteroatoms. The van der Waals surface area contributed by atoms with Gasteiger partial charge < -0.3 is 19.3 Å². The minimum atomic E-state index is -4.44. The van der Waals surface area contributed by atoms with Gasteiger partial charge in [0.2, 0.25) is 10.0 Å². The lowest BCUT2D eigenvalue weighted by Crippen LogP contribution is -2.49. The van der Waals surface area contributed by atoms with Crippen molar-refractivity contribution in [2.24, 2.45) is 0 Å². The number of benzene rings is 2. The fourth-order valence-electron chi connectivity index (χ4n) is 3.40. The van der Waals surface area contributed by atoms with Crippen LogP contribution in [0.15, 0.2) is 60.1 Å². The summed E-state index contributed by atoms with van der Waals surface area (Å²) >= 11 is 5.82. The zero-order valence-corrected chi connectivity index (χ0v) is 21.3. The quantitative estimate of drug-likeness (QED) is 0.340. The van der Waals surface area contributed by atoms with Crippen molar-refractivity contribution >= 4 is 33.6 Å². The van der Waals surface area contributed by atoms with Crippen LogP contribution in [0.5, 0.6) is 11.5 Å². The predicted molar refractivity (Wildman–Crippen MR) is 131 cm³/mol. The van der Waals surface area contributed by atoms with Gasteiger partial charge in [0, 0.05) is 37.4 Å². The Balaban J connectivity index is 1.78. The molecule has 0 aromatic heterocycles. The Bertz CT molecular complexity index is 1220. The van der Waals surface area contributed by atoms with Crippen LogP contribution in [-0.4, -0.2) is 85.6 Å². The molecule has 11 nitrogen and oxygen atoms in total. The molecule has 1 fully saturated rings. The summed E-state index contributed by atoms with van der Waals surface area (Å²) < 4.78 is 52.8. The van der Waals surface area contributed by atoms with Crippen LogP contribution >= 0.6 is 11.6 Å². The Morgan fingerprint density at radius 3 is 2.46 bits per heavy atom. The van der Waals surface area contributed by atoms with E-state index in [2.05, 4.69) is 6.58 Å². The molecule has 3 amide bonds. The molecule has 0 atom stereocenters. The highest BCUT2D eigenvalue weighted by Gasteiger charge is 2.29. The Kier molecular flexibility index (Phi) is 9.83. The highest BCUT2D eigenvalue weighted by Crippen LogP contribution is 2.28. The van der Waals surface area contributed by atoms with Gasteiger partial charge in [-0.2, -0.15) is 4.31 Å². The van der Waals surface area contributed by atoms with Crippen molar-refractivity contribution < 1.29 is 37.1 Å². The molecule has 0 bridgehead atoms. The van der Waals surface area contributed by atoms with E-state index in [-0.39, 0.29) is 24.6 Å². The fraction of sp³-hybridized carbons (Fsp3) is 0.304. The Hall–Kier alpha value is -3.23. The lowest BCUT2D eigenvalue weighted by Gasteiger charge is -2.32. The Morgan fingerprint density at radius 1 is 1.19 bits per heavy atom. The van der Waals surface area contributed by atoms with E-state index in [0.717, 1.165) is 22.5 Å². The van der Waals surface area contributed by atoms with Crippen LogP contribution in [0.25, 0.3) is 0 Å². The number of hydrogen-bond donors (Lipinski definition) is 2. The first-order valence-corrected chi connectivity index (χ1v) is 12.9. The van der Waals surface area contributed by atoms with Gasteiger partial charge in [0.15, 0.2) is 11.6 Å². The standard InChI is InChI=1S/C23H26ClFN4O7S/c1-2-27(23(31)28-11-13-35-14-12-28)9-10-29(16-22(30)26-32)37(33,34)19-7-8-21(20(25)15-19)36-18-5-3-17(24)4-6-18/h2-8,15,32H,1,9-14,16H2,(H,26,30). The third kappa shape index (κ3) is 7.40. The van der Waals surface area contributed by atoms with Gasteiger partial charge in [0.25, 0.3) is 5.91 Å². The lowest BCUT2D eigenvalue weighted by molar-refractivity contribution is -0.129. The molecule has 37 heavy (non-hydrogen) atoms. The van der Waals surface area contributed by atoms with Gasteiger partial charge in [-0.05, 0) is 42.5 Å². The minimum absolute atomic E-state index is 0.155. The molecule has 2 aromatic rings. The number of sulfonamides is 1. The normalized spacial score (nSPS) is 13.8. The van der Waals surface area contributed by atoms with Crippen LogP contribution < -0.4 is 10.2 Å². The van der Waals surface area contributed by atoms with E-state index in [1.807, 2.05) is 0 Å². The number of hydrogen-bond acceptors (Lipinski definition) is 7. The van der Waals surface area contributed by atoms with Crippen molar-refractivity contribution in [1.29, 1.82) is 0 Å². The number of nitrogens with zero attached hydrogens (tertiary/aromatic N) is 3. The van der Waals surface area contributed by atoms with Crippen molar-refractivity contribution in [2.45, 2.75) is 4.90 Å². The van der Waals surface area contributed by atoms with Crippen molar-refractivity contribution in [3.05, 3.63) is 66.1 Å². The zero-order chi connectivity index (χ0) is 27.0. The number of ether oxygens (including phenoxy) is 2. The predicted octanol–water partition coefficient (Wildman–Crippen LogP) is 2.67. The molecular formula is C23H26ClFN4O7S. The lowest BCUT2D eigenvalue weighted by atomic mass is 10.3. The average Bonchev–Trinajstić information content (AvgIpc) is 2.90. The summed E-state index contributed by atoms with van der Waals surface area (Å²) in [5.41, 5.74) is 1.38. The molecule has 0 radical (unpaired) electrons. The van der Waals surface area contributed by atoms with E-state index in [1.165, 1.54) is 33.6 Å². The topological polar surface area (TPSA) is 129 Å². The third-order valence-electron chi connectivity index (χ3n) is 5.37. The van der Waals surface area contributed by atoms with Gasteiger partial charge in [-0.3, -0.25) is 10.0 Å². The molecule has 0 spiro atoms. The van der Waals surface area contributed by atoms with Crippen LogP contribution in [0.3, 0.4) is 0 Å². The van der Waals surface area contributed by atoms with Crippen LogP contribution in [-0.2, 0) is 19.6 Å².